The molecule has 1 aromatic rings. The molecule has 0 saturated carbocycles. The van der Waals surface area contributed by atoms with E-state index >= 15 is 0 Å². The van der Waals surface area contributed by atoms with Crippen molar-refractivity contribution in [2.75, 3.05) is 38.8 Å². The second-order valence-electron chi connectivity index (χ2n) is 5.02. The van der Waals surface area contributed by atoms with Gasteiger partial charge in [-0.1, -0.05) is 0 Å². The first-order chi connectivity index (χ1) is 8.79. The summed E-state index contributed by atoms with van der Waals surface area (Å²) in [5.74, 6) is 1.69. The van der Waals surface area contributed by atoms with E-state index in [1.807, 2.05) is 13.2 Å². The summed E-state index contributed by atoms with van der Waals surface area (Å²) in [5.41, 5.74) is 1.27. The van der Waals surface area contributed by atoms with Gasteiger partial charge < -0.3 is 15.0 Å². The quantitative estimate of drug-likeness (QED) is 0.861. The molecule has 1 atom stereocenters. The first-order valence-corrected chi connectivity index (χ1v) is 6.68. The zero-order valence-electron chi connectivity index (χ0n) is 11.4. The summed E-state index contributed by atoms with van der Waals surface area (Å²) in [7, 11) is 4.07. The summed E-state index contributed by atoms with van der Waals surface area (Å²) < 4.78 is 5.52. The largest absolute Gasteiger partial charge is 0.381 e. The van der Waals surface area contributed by atoms with Crippen molar-refractivity contribution < 1.29 is 4.74 Å². The summed E-state index contributed by atoms with van der Waals surface area (Å²) in [6.45, 7) is 3.72. The minimum absolute atomic E-state index is 0.638. The Bertz CT molecular complexity index is 364. The topological polar surface area (TPSA) is 37.4 Å². The van der Waals surface area contributed by atoms with Gasteiger partial charge in [-0.25, -0.2) is 4.98 Å². The van der Waals surface area contributed by atoms with Crippen LogP contribution in [-0.4, -0.2) is 38.8 Å². The number of pyridine rings is 1. The van der Waals surface area contributed by atoms with E-state index in [0.29, 0.717) is 5.92 Å². The molecule has 1 N–H and O–H groups in total. The number of rotatable bonds is 5. The highest BCUT2D eigenvalue weighted by atomic mass is 16.5. The summed E-state index contributed by atoms with van der Waals surface area (Å²) >= 11 is 0. The van der Waals surface area contributed by atoms with Crippen LogP contribution in [0, 0.1) is 5.92 Å². The third kappa shape index (κ3) is 3.68. The van der Waals surface area contributed by atoms with Crippen LogP contribution in [-0.2, 0) is 11.3 Å². The average Bonchev–Trinajstić information content (AvgIpc) is 2.40. The smallest absolute Gasteiger partial charge is 0.128 e. The maximum Gasteiger partial charge on any atom is 0.128 e. The molecule has 100 valence electrons. The van der Waals surface area contributed by atoms with Crippen LogP contribution in [0.25, 0.3) is 0 Å². The molecule has 0 aromatic carbocycles. The Morgan fingerprint density at radius 1 is 1.56 bits per heavy atom. The Labute approximate surface area is 109 Å². The van der Waals surface area contributed by atoms with E-state index < -0.39 is 0 Å². The van der Waals surface area contributed by atoms with Crippen LogP contribution >= 0.6 is 0 Å². The molecule has 1 aromatic heterocycles. The Balaban J connectivity index is 1.94. The SMILES string of the molecule is CNCc1ccnc(N(C)CC2CCCOC2)c1. The van der Waals surface area contributed by atoms with E-state index in [4.69, 9.17) is 4.74 Å². The number of ether oxygens (including phenoxy) is 1. The van der Waals surface area contributed by atoms with Gasteiger partial charge in [-0.2, -0.15) is 0 Å². The average molecular weight is 249 g/mol. The summed E-state index contributed by atoms with van der Waals surface area (Å²) in [6, 6.07) is 4.21. The zero-order chi connectivity index (χ0) is 12.8. The van der Waals surface area contributed by atoms with Gasteiger partial charge in [0, 0.05) is 32.9 Å². The van der Waals surface area contributed by atoms with Crippen molar-refractivity contribution >= 4 is 5.82 Å². The molecule has 1 saturated heterocycles. The third-order valence-electron chi connectivity index (χ3n) is 3.37. The molecule has 0 aliphatic carbocycles. The van der Waals surface area contributed by atoms with E-state index in [2.05, 4.69) is 34.4 Å². The second-order valence-corrected chi connectivity index (χ2v) is 5.02. The van der Waals surface area contributed by atoms with Gasteiger partial charge in [0.25, 0.3) is 0 Å². The number of hydrogen-bond acceptors (Lipinski definition) is 4. The fourth-order valence-corrected chi connectivity index (χ4v) is 2.42. The van der Waals surface area contributed by atoms with Crippen molar-refractivity contribution in [3.05, 3.63) is 23.9 Å². The van der Waals surface area contributed by atoms with Crippen LogP contribution in [0.5, 0.6) is 0 Å². The van der Waals surface area contributed by atoms with Gasteiger partial charge in [0.05, 0.1) is 6.61 Å². The molecular weight excluding hydrogens is 226 g/mol. The van der Waals surface area contributed by atoms with Gasteiger partial charge in [0.15, 0.2) is 0 Å². The molecule has 2 heterocycles. The van der Waals surface area contributed by atoms with Gasteiger partial charge in [-0.3, -0.25) is 0 Å². The van der Waals surface area contributed by atoms with Crippen molar-refractivity contribution in [1.82, 2.24) is 10.3 Å². The summed E-state index contributed by atoms with van der Waals surface area (Å²) in [6.07, 6.45) is 4.34. The van der Waals surface area contributed by atoms with Crippen LogP contribution in [0.2, 0.25) is 0 Å². The van der Waals surface area contributed by atoms with E-state index in [1.165, 1.54) is 18.4 Å². The van der Waals surface area contributed by atoms with Crippen molar-refractivity contribution in [2.45, 2.75) is 19.4 Å². The van der Waals surface area contributed by atoms with Gasteiger partial charge in [0.2, 0.25) is 0 Å². The van der Waals surface area contributed by atoms with E-state index in [9.17, 15) is 0 Å². The third-order valence-corrected chi connectivity index (χ3v) is 3.37. The van der Waals surface area contributed by atoms with Gasteiger partial charge >= 0.3 is 0 Å². The van der Waals surface area contributed by atoms with Gasteiger partial charge in [0.1, 0.15) is 5.82 Å². The first-order valence-electron chi connectivity index (χ1n) is 6.68. The number of nitrogens with zero attached hydrogens (tertiary/aromatic N) is 2. The molecule has 1 aliphatic rings. The highest BCUT2D eigenvalue weighted by Crippen LogP contribution is 2.18. The predicted octanol–water partition coefficient (Wildman–Crippen LogP) is 1.66. The van der Waals surface area contributed by atoms with Crippen molar-refractivity contribution in [2.24, 2.45) is 5.92 Å². The van der Waals surface area contributed by atoms with Crippen LogP contribution in [0.3, 0.4) is 0 Å². The molecule has 4 heteroatoms. The lowest BCUT2D eigenvalue weighted by molar-refractivity contribution is 0.0576. The molecule has 0 bridgehead atoms. The van der Waals surface area contributed by atoms with Crippen molar-refractivity contribution in [3.63, 3.8) is 0 Å². The first kappa shape index (κ1) is 13.3. The minimum Gasteiger partial charge on any atom is -0.381 e. The molecule has 0 spiro atoms. The Kier molecular flexibility index (Phi) is 4.96. The lowest BCUT2D eigenvalue weighted by Gasteiger charge is -2.27. The monoisotopic (exact) mass is 249 g/mol. The molecule has 1 fully saturated rings. The summed E-state index contributed by atoms with van der Waals surface area (Å²) in [4.78, 5) is 6.68. The second kappa shape index (κ2) is 6.71. The molecular formula is C14H23N3O. The molecule has 2 rings (SSSR count). The molecule has 1 unspecified atom stereocenters. The van der Waals surface area contributed by atoms with Crippen LogP contribution in [0.4, 0.5) is 5.82 Å². The number of anilines is 1. The van der Waals surface area contributed by atoms with Gasteiger partial charge in [-0.15, -0.1) is 0 Å². The molecule has 0 amide bonds. The van der Waals surface area contributed by atoms with Crippen LogP contribution in [0.15, 0.2) is 18.3 Å². The number of aromatic nitrogens is 1. The van der Waals surface area contributed by atoms with Crippen molar-refractivity contribution in [1.29, 1.82) is 0 Å². The molecule has 18 heavy (non-hydrogen) atoms. The van der Waals surface area contributed by atoms with Crippen molar-refractivity contribution in [3.8, 4) is 0 Å². The van der Waals surface area contributed by atoms with E-state index in [1.54, 1.807) is 0 Å². The lowest BCUT2D eigenvalue weighted by atomic mass is 10.0. The van der Waals surface area contributed by atoms with E-state index in [0.717, 1.165) is 32.1 Å². The Morgan fingerprint density at radius 3 is 3.17 bits per heavy atom. The highest BCUT2D eigenvalue weighted by Gasteiger charge is 2.16. The maximum absolute atomic E-state index is 5.52. The fourth-order valence-electron chi connectivity index (χ4n) is 2.42. The summed E-state index contributed by atoms with van der Waals surface area (Å²) in [5, 5.41) is 3.17. The standard InChI is InChI=1S/C14H23N3O/c1-15-9-12-5-6-16-14(8-12)17(2)10-13-4-3-7-18-11-13/h5-6,8,13,15H,3-4,7,9-11H2,1-2H3. The Morgan fingerprint density at radius 2 is 2.44 bits per heavy atom. The molecule has 0 radical (unpaired) electrons. The lowest BCUT2D eigenvalue weighted by Crippen LogP contribution is -2.31. The van der Waals surface area contributed by atoms with Crippen LogP contribution < -0.4 is 10.2 Å². The zero-order valence-corrected chi connectivity index (χ0v) is 11.4. The minimum atomic E-state index is 0.638. The van der Waals surface area contributed by atoms with Crippen LogP contribution in [0.1, 0.15) is 18.4 Å². The van der Waals surface area contributed by atoms with Gasteiger partial charge in [-0.05, 0) is 43.5 Å². The molecule has 4 nitrogen and oxygen atoms in total. The van der Waals surface area contributed by atoms with E-state index in [-0.39, 0.29) is 0 Å². The fraction of sp³-hybridized carbons (Fsp3) is 0.643. The normalized spacial score (nSPS) is 19.8. The Hall–Kier alpha value is -1.13. The number of nitrogens with one attached hydrogen (secondary N) is 1. The molecule has 1 aliphatic heterocycles. The highest BCUT2D eigenvalue weighted by molar-refractivity contribution is 5.40. The predicted molar refractivity (Wildman–Crippen MR) is 73.8 cm³/mol. The maximum atomic E-state index is 5.52. The number of hydrogen-bond donors (Lipinski definition) is 1.